The van der Waals surface area contributed by atoms with Gasteiger partial charge in [-0.2, -0.15) is 0 Å². The van der Waals surface area contributed by atoms with E-state index in [-0.39, 0.29) is 28.7 Å². The number of rotatable bonds is 7. The second-order valence-electron chi connectivity index (χ2n) is 5.67. The number of thiophene rings is 1. The van der Waals surface area contributed by atoms with E-state index in [2.05, 4.69) is 5.32 Å². The Labute approximate surface area is 165 Å². The van der Waals surface area contributed by atoms with Gasteiger partial charge in [-0.25, -0.2) is 4.79 Å². The number of nitrogens with one attached hydrogen (secondary N) is 1. The summed E-state index contributed by atoms with van der Waals surface area (Å²) in [6.07, 6.45) is 0. The number of esters is 1. The Bertz CT molecular complexity index is 894. The number of ether oxygens (including phenoxy) is 2. The molecule has 144 valence electrons. The lowest BCUT2D eigenvalue weighted by Crippen LogP contribution is -2.16. The number of hydrogen-bond donors (Lipinski definition) is 2. The van der Waals surface area contributed by atoms with Gasteiger partial charge >= 0.3 is 5.97 Å². The highest BCUT2D eigenvalue weighted by Gasteiger charge is 2.26. The second-order valence-corrected chi connectivity index (χ2v) is 7.10. The van der Waals surface area contributed by atoms with Crippen LogP contribution in [0.5, 0.6) is 0 Å². The van der Waals surface area contributed by atoms with Crippen LogP contribution in [0.4, 0.5) is 5.00 Å². The van der Waals surface area contributed by atoms with Crippen molar-refractivity contribution < 1.29 is 23.9 Å². The van der Waals surface area contributed by atoms with E-state index in [9.17, 15) is 14.4 Å². The Balaban J connectivity index is 2.35. The van der Waals surface area contributed by atoms with Crippen LogP contribution >= 0.6 is 22.9 Å². The molecule has 7 nitrogen and oxygen atoms in total. The zero-order valence-corrected chi connectivity index (χ0v) is 16.6. The predicted molar refractivity (Wildman–Crippen MR) is 104 cm³/mol. The molecule has 0 aliphatic heterocycles. The van der Waals surface area contributed by atoms with E-state index in [0.29, 0.717) is 16.1 Å². The molecule has 3 N–H and O–H groups in total. The smallest absolute Gasteiger partial charge is 0.341 e. The molecule has 0 atom stereocenters. The number of halogens is 1. The fourth-order valence-electron chi connectivity index (χ4n) is 2.33. The fraction of sp³-hybridized carbons (Fsp3) is 0.278. The molecule has 0 aliphatic rings. The van der Waals surface area contributed by atoms with Crippen molar-refractivity contribution in [3.63, 3.8) is 0 Å². The fourth-order valence-corrected chi connectivity index (χ4v) is 3.49. The minimum absolute atomic E-state index is 0.0420. The van der Waals surface area contributed by atoms with Crippen molar-refractivity contribution in [3.8, 4) is 0 Å². The molecule has 9 heteroatoms. The van der Waals surface area contributed by atoms with E-state index < -0.39 is 17.8 Å². The molecule has 0 fully saturated rings. The number of nitrogens with two attached hydrogens (primary N) is 1. The van der Waals surface area contributed by atoms with Gasteiger partial charge in [-0.1, -0.05) is 11.6 Å². The van der Waals surface area contributed by atoms with Crippen molar-refractivity contribution in [2.45, 2.75) is 13.8 Å². The molecule has 0 radical (unpaired) electrons. The van der Waals surface area contributed by atoms with E-state index in [1.807, 2.05) is 0 Å². The summed E-state index contributed by atoms with van der Waals surface area (Å²) in [5.74, 6) is -1.81. The first-order valence-corrected chi connectivity index (χ1v) is 9.12. The first-order chi connectivity index (χ1) is 12.8. The predicted octanol–water partition coefficient (Wildman–Crippen LogP) is 3.17. The maximum atomic E-state index is 12.6. The zero-order valence-electron chi connectivity index (χ0n) is 15.1. The van der Waals surface area contributed by atoms with E-state index in [4.69, 9.17) is 26.8 Å². The molecular formula is C18H19ClN2O5S. The number of carbonyl (C=O) groups is 3. The summed E-state index contributed by atoms with van der Waals surface area (Å²) in [7, 11) is 1.48. The highest BCUT2D eigenvalue weighted by atomic mass is 35.5. The van der Waals surface area contributed by atoms with Crippen molar-refractivity contribution in [1.29, 1.82) is 0 Å². The van der Waals surface area contributed by atoms with Crippen molar-refractivity contribution in [2.75, 3.05) is 25.6 Å². The Hall–Kier alpha value is -2.42. The summed E-state index contributed by atoms with van der Waals surface area (Å²) in [6.45, 7) is 3.62. The first kappa shape index (κ1) is 20.9. The van der Waals surface area contributed by atoms with Crippen LogP contribution in [-0.4, -0.2) is 38.1 Å². The van der Waals surface area contributed by atoms with Crippen LogP contribution in [0.2, 0.25) is 5.02 Å². The highest BCUT2D eigenvalue weighted by Crippen LogP contribution is 2.34. The molecule has 0 unspecified atom stereocenters. The average molecular weight is 411 g/mol. The van der Waals surface area contributed by atoms with Crippen molar-refractivity contribution >= 4 is 45.7 Å². The van der Waals surface area contributed by atoms with Gasteiger partial charge in [0.15, 0.2) is 0 Å². The van der Waals surface area contributed by atoms with E-state index in [1.165, 1.54) is 7.11 Å². The molecule has 2 rings (SSSR count). The summed E-state index contributed by atoms with van der Waals surface area (Å²) in [5.41, 5.74) is 6.93. The monoisotopic (exact) mass is 410 g/mol. The van der Waals surface area contributed by atoms with Crippen LogP contribution in [0.1, 0.15) is 41.5 Å². The molecule has 1 aromatic heterocycles. The summed E-state index contributed by atoms with van der Waals surface area (Å²) in [5, 5.41) is 3.39. The summed E-state index contributed by atoms with van der Waals surface area (Å²) in [6, 6.07) is 4.81. The molecule has 1 heterocycles. The summed E-state index contributed by atoms with van der Waals surface area (Å²) in [4.78, 5) is 36.8. The molecule has 2 aromatic rings. The van der Waals surface area contributed by atoms with Gasteiger partial charge in [-0.15, -0.1) is 11.3 Å². The first-order valence-electron chi connectivity index (χ1n) is 7.93. The lowest BCUT2D eigenvalue weighted by Gasteiger charge is -2.09. The maximum Gasteiger partial charge on any atom is 0.341 e. The molecule has 0 spiro atoms. The van der Waals surface area contributed by atoms with Gasteiger partial charge in [0.25, 0.3) is 11.8 Å². The minimum atomic E-state index is -0.689. The molecule has 1 aromatic carbocycles. The van der Waals surface area contributed by atoms with Gasteiger partial charge in [0.1, 0.15) is 11.6 Å². The third-order valence-corrected chi connectivity index (χ3v) is 5.39. The Morgan fingerprint density at radius 3 is 2.52 bits per heavy atom. The lowest BCUT2D eigenvalue weighted by molar-refractivity contribution is 0.0389. The average Bonchev–Trinajstić information content (AvgIpc) is 2.93. The SMILES string of the molecule is COCCOC(=O)c1c(NC(=O)c2ccc(Cl)c(C)c2)sc(C(N)=O)c1C. The summed E-state index contributed by atoms with van der Waals surface area (Å²) < 4.78 is 9.97. The topological polar surface area (TPSA) is 108 Å². The van der Waals surface area contributed by atoms with E-state index in [0.717, 1.165) is 16.9 Å². The van der Waals surface area contributed by atoms with Crippen LogP contribution < -0.4 is 11.1 Å². The van der Waals surface area contributed by atoms with E-state index in [1.54, 1.807) is 32.0 Å². The summed E-state index contributed by atoms with van der Waals surface area (Å²) >= 11 is 6.91. The third kappa shape index (κ3) is 4.85. The Kier molecular flexibility index (Phi) is 6.95. The van der Waals surface area contributed by atoms with Crippen LogP contribution in [0.15, 0.2) is 18.2 Å². The van der Waals surface area contributed by atoms with Gasteiger partial charge < -0.3 is 20.5 Å². The number of aryl methyl sites for hydroxylation is 1. The Morgan fingerprint density at radius 2 is 1.93 bits per heavy atom. The van der Waals surface area contributed by atoms with Gasteiger partial charge in [-0.05, 0) is 43.2 Å². The number of methoxy groups -OCH3 is 1. The van der Waals surface area contributed by atoms with Crippen LogP contribution in [-0.2, 0) is 9.47 Å². The zero-order chi connectivity index (χ0) is 20.1. The molecule has 0 aliphatic carbocycles. The Morgan fingerprint density at radius 1 is 1.22 bits per heavy atom. The number of carbonyl (C=O) groups excluding carboxylic acids is 3. The normalized spacial score (nSPS) is 10.5. The molecular weight excluding hydrogens is 392 g/mol. The highest BCUT2D eigenvalue weighted by molar-refractivity contribution is 7.18. The molecule has 0 saturated heterocycles. The maximum absolute atomic E-state index is 12.6. The van der Waals surface area contributed by atoms with Gasteiger partial charge in [0.05, 0.1) is 17.0 Å². The van der Waals surface area contributed by atoms with Crippen LogP contribution in [0.3, 0.4) is 0 Å². The molecule has 27 heavy (non-hydrogen) atoms. The van der Waals surface area contributed by atoms with E-state index >= 15 is 0 Å². The number of benzene rings is 1. The standard InChI is InChI=1S/C18H19ClN2O5S/c1-9-8-11(4-5-12(9)19)16(23)21-17-13(18(24)26-7-6-25-3)10(2)14(27-17)15(20)22/h4-5,8H,6-7H2,1-3H3,(H2,20,22)(H,21,23). The van der Waals surface area contributed by atoms with Gasteiger partial charge in [-0.3, -0.25) is 9.59 Å². The van der Waals surface area contributed by atoms with Crippen molar-refractivity contribution in [3.05, 3.63) is 50.4 Å². The largest absolute Gasteiger partial charge is 0.460 e. The van der Waals surface area contributed by atoms with Crippen LogP contribution in [0, 0.1) is 13.8 Å². The quantitative estimate of drug-likeness (QED) is 0.538. The van der Waals surface area contributed by atoms with Gasteiger partial charge in [0.2, 0.25) is 0 Å². The van der Waals surface area contributed by atoms with Crippen LogP contribution in [0.25, 0.3) is 0 Å². The van der Waals surface area contributed by atoms with Crippen molar-refractivity contribution in [2.24, 2.45) is 5.73 Å². The number of anilines is 1. The van der Waals surface area contributed by atoms with Gasteiger partial charge in [0, 0.05) is 17.7 Å². The molecule has 2 amide bonds. The number of primary amides is 1. The second kappa shape index (κ2) is 8.98. The molecule has 0 bridgehead atoms. The van der Waals surface area contributed by atoms with Crippen molar-refractivity contribution in [1.82, 2.24) is 0 Å². The lowest BCUT2D eigenvalue weighted by atomic mass is 10.1. The minimum Gasteiger partial charge on any atom is -0.460 e. The molecule has 0 saturated carbocycles. The number of amides is 2. The number of hydrogen-bond acceptors (Lipinski definition) is 6. The third-order valence-electron chi connectivity index (χ3n) is 3.74.